The molecule has 0 spiro atoms. The molecule has 0 radical (unpaired) electrons. The second kappa shape index (κ2) is 6.63. The third-order valence-electron chi connectivity index (χ3n) is 2.78. The normalized spacial score (nSPS) is 13.1. The van der Waals surface area contributed by atoms with E-state index in [9.17, 15) is 0 Å². The minimum Gasteiger partial charge on any atom is -0.493 e. The van der Waals surface area contributed by atoms with E-state index in [1.165, 1.54) is 0 Å². The van der Waals surface area contributed by atoms with Gasteiger partial charge in [-0.1, -0.05) is 0 Å². The van der Waals surface area contributed by atoms with Crippen molar-refractivity contribution in [3.05, 3.63) is 17.7 Å². The highest BCUT2D eigenvalue weighted by molar-refractivity contribution is 5.55. The molecular weight excluding hydrogens is 246 g/mol. The Labute approximate surface area is 113 Å². The highest BCUT2D eigenvalue weighted by Gasteiger charge is 2.19. The van der Waals surface area contributed by atoms with E-state index in [1.54, 1.807) is 7.11 Å². The summed E-state index contributed by atoms with van der Waals surface area (Å²) < 4.78 is 21.5. The SMILES string of the molecule is COc1cc(CNCCOC(C)C)cc2c1OCO2. The van der Waals surface area contributed by atoms with Gasteiger partial charge in [0.2, 0.25) is 12.5 Å². The number of hydrogen-bond acceptors (Lipinski definition) is 5. The average molecular weight is 267 g/mol. The second-order valence-electron chi connectivity index (χ2n) is 4.63. The van der Waals surface area contributed by atoms with E-state index in [0.29, 0.717) is 18.1 Å². The summed E-state index contributed by atoms with van der Waals surface area (Å²) in [5, 5.41) is 3.32. The lowest BCUT2D eigenvalue weighted by molar-refractivity contribution is 0.0807. The van der Waals surface area contributed by atoms with Crippen molar-refractivity contribution in [1.29, 1.82) is 0 Å². The fourth-order valence-corrected chi connectivity index (χ4v) is 1.89. The van der Waals surface area contributed by atoms with Crippen LogP contribution in [0.4, 0.5) is 0 Å². The van der Waals surface area contributed by atoms with E-state index in [0.717, 1.165) is 24.4 Å². The van der Waals surface area contributed by atoms with Gasteiger partial charge in [-0.05, 0) is 31.5 Å². The van der Waals surface area contributed by atoms with Crippen molar-refractivity contribution in [3.63, 3.8) is 0 Å². The molecule has 1 aromatic carbocycles. The molecule has 0 aromatic heterocycles. The number of hydrogen-bond donors (Lipinski definition) is 1. The van der Waals surface area contributed by atoms with Gasteiger partial charge in [-0.25, -0.2) is 0 Å². The van der Waals surface area contributed by atoms with Gasteiger partial charge in [0.25, 0.3) is 0 Å². The Bertz CT molecular complexity index is 420. The molecule has 1 aliphatic heterocycles. The van der Waals surface area contributed by atoms with E-state index in [4.69, 9.17) is 18.9 Å². The van der Waals surface area contributed by atoms with E-state index >= 15 is 0 Å². The van der Waals surface area contributed by atoms with Crippen molar-refractivity contribution in [1.82, 2.24) is 5.32 Å². The minimum atomic E-state index is 0.255. The monoisotopic (exact) mass is 267 g/mol. The molecular formula is C14H21NO4. The number of fused-ring (bicyclic) bond motifs is 1. The van der Waals surface area contributed by atoms with Gasteiger partial charge >= 0.3 is 0 Å². The van der Waals surface area contributed by atoms with Crippen molar-refractivity contribution in [2.45, 2.75) is 26.5 Å². The molecule has 0 amide bonds. The van der Waals surface area contributed by atoms with E-state index in [-0.39, 0.29) is 12.9 Å². The Kier molecular flexibility index (Phi) is 4.87. The first-order chi connectivity index (χ1) is 9.20. The number of rotatable bonds is 7. The molecule has 0 fully saturated rings. The van der Waals surface area contributed by atoms with Crippen LogP contribution >= 0.6 is 0 Å². The summed E-state index contributed by atoms with van der Waals surface area (Å²) in [6.07, 6.45) is 0.271. The van der Waals surface area contributed by atoms with Gasteiger partial charge in [-0.2, -0.15) is 0 Å². The Morgan fingerprint density at radius 1 is 1.32 bits per heavy atom. The lowest BCUT2D eigenvalue weighted by Gasteiger charge is -2.10. The van der Waals surface area contributed by atoms with Crippen LogP contribution in [0.1, 0.15) is 19.4 Å². The summed E-state index contributed by atoms with van der Waals surface area (Å²) >= 11 is 0. The Balaban J connectivity index is 1.87. The third-order valence-corrected chi connectivity index (χ3v) is 2.78. The summed E-state index contributed by atoms with van der Waals surface area (Å²) in [6, 6.07) is 3.94. The summed E-state index contributed by atoms with van der Waals surface area (Å²) in [4.78, 5) is 0. The number of nitrogens with one attached hydrogen (secondary N) is 1. The molecule has 1 heterocycles. The molecule has 106 valence electrons. The predicted molar refractivity (Wildman–Crippen MR) is 71.9 cm³/mol. The van der Waals surface area contributed by atoms with Crippen LogP contribution in [0.2, 0.25) is 0 Å². The van der Waals surface area contributed by atoms with Crippen molar-refractivity contribution >= 4 is 0 Å². The maximum absolute atomic E-state index is 5.47. The number of ether oxygens (including phenoxy) is 4. The highest BCUT2D eigenvalue weighted by Crippen LogP contribution is 2.41. The zero-order chi connectivity index (χ0) is 13.7. The molecule has 1 aromatic rings. The zero-order valence-corrected chi connectivity index (χ0v) is 11.7. The van der Waals surface area contributed by atoms with Gasteiger partial charge < -0.3 is 24.3 Å². The molecule has 1 N–H and O–H groups in total. The standard InChI is InChI=1S/C14H21NO4/c1-10(2)17-5-4-15-8-11-6-12(16-3)14-13(7-11)18-9-19-14/h6-7,10,15H,4-5,8-9H2,1-3H3. The van der Waals surface area contributed by atoms with E-state index in [1.807, 2.05) is 26.0 Å². The molecule has 1 aliphatic rings. The maximum Gasteiger partial charge on any atom is 0.231 e. The maximum atomic E-state index is 5.47. The third kappa shape index (κ3) is 3.75. The molecule has 0 saturated heterocycles. The zero-order valence-electron chi connectivity index (χ0n) is 11.7. The molecule has 5 heteroatoms. The molecule has 0 aliphatic carbocycles. The van der Waals surface area contributed by atoms with Gasteiger partial charge in [0.1, 0.15) is 0 Å². The molecule has 0 bridgehead atoms. The van der Waals surface area contributed by atoms with Gasteiger partial charge in [-0.15, -0.1) is 0 Å². The van der Waals surface area contributed by atoms with E-state index in [2.05, 4.69) is 5.32 Å². The van der Waals surface area contributed by atoms with Crippen LogP contribution in [-0.4, -0.2) is 33.2 Å². The molecule has 0 atom stereocenters. The smallest absolute Gasteiger partial charge is 0.231 e. The van der Waals surface area contributed by atoms with Crippen LogP contribution in [-0.2, 0) is 11.3 Å². The molecule has 0 saturated carbocycles. The summed E-state index contributed by atoms with van der Waals surface area (Å²) in [6.45, 7) is 6.58. The van der Waals surface area contributed by atoms with Crippen LogP contribution in [0, 0.1) is 0 Å². The first-order valence-electron chi connectivity index (χ1n) is 6.49. The van der Waals surface area contributed by atoms with Crippen molar-refractivity contribution in [2.75, 3.05) is 27.1 Å². The van der Waals surface area contributed by atoms with E-state index < -0.39 is 0 Å². The lowest BCUT2D eigenvalue weighted by Crippen LogP contribution is -2.20. The van der Waals surface area contributed by atoms with Crippen LogP contribution in [0.25, 0.3) is 0 Å². The largest absolute Gasteiger partial charge is 0.493 e. The van der Waals surface area contributed by atoms with Crippen LogP contribution in [0.3, 0.4) is 0 Å². The van der Waals surface area contributed by atoms with Gasteiger partial charge in [0.15, 0.2) is 11.5 Å². The first-order valence-corrected chi connectivity index (χ1v) is 6.49. The minimum absolute atomic E-state index is 0.255. The van der Waals surface area contributed by atoms with Crippen molar-refractivity contribution in [2.24, 2.45) is 0 Å². The van der Waals surface area contributed by atoms with Gasteiger partial charge in [-0.3, -0.25) is 0 Å². The van der Waals surface area contributed by atoms with Crippen LogP contribution in [0.15, 0.2) is 12.1 Å². The van der Waals surface area contributed by atoms with Crippen LogP contribution < -0.4 is 19.5 Å². The molecule has 5 nitrogen and oxygen atoms in total. The molecule has 2 rings (SSSR count). The molecule has 19 heavy (non-hydrogen) atoms. The van der Waals surface area contributed by atoms with Gasteiger partial charge in [0.05, 0.1) is 19.8 Å². The summed E-state index contributed by atoms with van der Waals surface area (Å²) in [5.74, 6) is 2.15. The average Bonchev–Trinajstić information content (AvgIpc) is 2.85. The number of benzene rings is 1. The summed E-state index contributed by atoms with van der Waals surface area (Å²) in [5.41, 5.74) is 1.10. The highest BCUT2D eigenvalue weighted by atomic mass is 16.7. The second-order valence-corrected chi connectivity index (χ2v) is 4.63. The quantitative estimate of drug-likeness (QED) is 0.765. The van der Waals surface area contributed by atoms with Crippen LogP contribution in [0.5, 0.6) is 17.2 Å². The fourth-order valence-electron chi connectivity index (χ4n) is 1.89. The Morgan fingerprint density at radius 3 is 2.89 bits per heavy atom. The van der Waals surface area contributed by atoms with Crippen molar-refractivity contribution < 1.29 is 18.9 Å². The molecule has 0 unspecified atom stereocenters. The Hall–Kier alpha value is -1.46. The first kappa shape index (κ1) is 14.0. The Morgan fingerprint density at radius 2 is 2.16 bits per heavy atom. The fraction of sp³-hybridized carbons (Fsp3) is 0.571. The summed E-state index contributed by atoms with van der Waals surface area (Å²) in [7, 11) is 1.63. The van der Waals surface area contributed by atoms with Crippen molar-refractivity contribution in [3.8, 4) is 17.2 Å². The topological polar surface area (TPSA) is 49.0 Å². The predicted octanol–water partition coefficient (Wildman–Crippen LogP) is 1.94. The number of methoxy groups -OCH3 is 1. The van der Waals surface area contributed by atoms with Gasteiger partial charge in [0, 0.05) is 13.1 Å². The lowest BCUT2D eigenvalue weighted by atomic mass is 10.2.